The van der Waals surface area contributed by atoms with Crippen LogP contribution in [0.15, 0.2) is 29.4 Å². The Hall–Kier alpha value is -2.21. The number of aryl methyl sites for hydroxylation is 1. The van der Waals surface area contributed by atoms with Gasteiger partial charge in [0.15, 0.2) is 0 Å². The molecule has 2 fully saturated rings. The number of benzene rings is 1. The summed E-state index contributed by atoms with van der Waals surface area (Å²) in [5.41, 5.74) is 3.39. The third-order valence-electron chi connectivity index (χ3n) is 7.60. The number of carbonyl (C=O) groups excluding carboxylic acids is 2. The SMILES string of the molecule is Cc1ccccc1CCN1CCC(CN(C(=O)C2=NN(C)C(=O)CC2)C2CCCC2)CC1. The van der Waals surface area contributed by atoms with E-state index in [1.54, 1.807) is 7.05 Å². The van der Waals surface area contributed by atoms with E-state index in [1.165, 1.54) is 29.0 Å². The van der Waals surface area contributed by atoms with Crippen LogP contribution in [0.4, 0.5) is 0 Å². The van der Waals surface area contributed by atoms with Crippen LogP contribution in [0.2, 0.25) is 0 Å². The molecule has 1 aromatic carbocycles. The third kappa shape index (κ3) is 5.58. The second-order valence-electron chi connectivity index (χ2n) is 9.82. The summed E-state index contributed by atoms with van der Waals surface area (Å²) in [6.07, 6.45) is 8.88. The maximum Gasteiger partial charge on any atom is 0.270 e. The number of rotatable bonds is 7. The summed E-state index contributed by atoms with van der Waals surface area (Å²) in [7, 11) is 1.65. The summed E-state index contributed by atoms with van der Waals surface area (Å²) in [6.45, 7) is 6.37. The highest BCUT2D eigenvalue weighted by molar-refractivity contribution is 6.39. The first-order chi connectivity index (χ1) is 15.5. The number of hydrazone groups is 1. The minimum absolute atomic E-state index is 0.00738. The molecule has 0 spiro atoms. The summed E-state index contributed by atoms with van der Waals surface area (Å²) in [5.74, 6) is 0.614. The van der Waals surface area contributed by atoms with Gasteiger partial charge in [0.05, 0.1) is 0 Å². The van der Waals surface area contributed by atoms with Crippen LogP contribution in [0, 0.1) is 12.8 Å². The first-order valence-corrected chi connectivity index (χ1v) is 12.4. The van der Waals surface area contributed by atoms with Gasteiger partial charge in [-0.3, -0.25) is 9.59 Å². The van der Waals surface area contributed by atoms with Crippen LogP contribution < -0.4 is 0 Å². The largest absolute Gasteiger partial charge is 0.334 e. The molecule has 0 radical (unpaired) electrons. The number of nitrogens with zero attached hydrogens (tertiary/aromatic N) is 4. The van der Waals surface area contributed by atoms with Gasteiger partial charge in [-0.15, -0.1) is 0 Å². The van der Waals surface area contributed by atoms with Crippen LogP contribution >= 0.6 is 0 Å². The molecule has 6 heteroatoms. The van der Waals surface area contributed by atoms with Gasteiger partial charge in [-0.05, 0) is 69.2 Å². The van der Waals surface area contributed by atoms with E-state index in [9.17, 15) is 9.59 Å². The molecule has 1 aliphatic carbocycles. The molecule has 3 aliphatic rings. The average molecular weight is 439 g/mol. The Morgan fingerprint density at radius 3 is 2.50 bits per heavy atom. The lowest BCUT2D eigenvalue weighted by atomic mass is 9.94. The Kier molecular flexibility index (Phi) is 7.61. The molecule has 4 rings (SSSR count). The summed E-state index contributed by atoms with van der Waals surface area (Å²) < 4.78 is 0. The lowest BCUT2D eigenvalue weighted by molar-refractivity contribution is -0.131. The van der Waals surface area contributed by atoms with Crippen LogP contribution in [0.1, 0.15) is 62.5 Å². The normalized spacial score (nSPS) is 21.1. The van der Waals surface area contributed by atoms with Crippen LogP contribution in [-0.4, -0.2) is 71.6 Å². The number of carbonyl (C=O) groups is 2. The van der Waals surface area contributed by atoms with E-state index in [1.807, 2.05) is 0 Å². The lowest BCUT2D eigenvalue weighted by Gasteiger charge is -2.37. The van der Waals surface area contributed by atoms with Gasteiger partial charge in [0.2, 0.25) is 5.91 Å². The van der Waals surface area contributed by atoms with Crippen LogP contribution in [0.25, 0.3) is 0 Å². The molecule has 0 aromatic heterocycles. The van der Waals surface area contributed by atoms with E-state index in [-0.39, 0.29) is 11.8 Å². The molecule has 0 N–H and O–H groups in total. The average Bonchev–Trinajstić information content (AvgIpc) is 3.34. The van der Waals surface area contributed by atoms with E-state index >= 15 is 0 Å². The topological polar surface area (TPSA) is 56.2 Å². The first-order valence-electron chi connectivity index (χ1n) is 12.4. The van der Waals surface area contributed by atoms with E-state index in [0.29, 0.717) is 30.5 Å². The molecule has 1 aromatic rings. The van der Waals surface area contributed by atoms with Crippen LogP contribution in [0.5, 0.6) is 0 Å². The highest BCUT2D eigenvalue weighted by Crippen LogP contribution is 2.28. The van der Waals surface area contributed by atoms with E-state index in [0.717, 1.165) is 58.3 Å². The van der Waals surface area contributed by atoms with Crippen molar-refractivity contribution >= 4 is 17.5 Å². The summed E-state index contributed by atoms with van der Waals surface area (Å²) in [5, 5.41) is 5.67. The Morgan fingerprint density at radius 2 is 1.81 bits per heavy atom. The van der Waals surface area contributed by atoms with Crippen molar-refractivity contribution in [2.75, 3.05) is 33.2 Å². The van der Waals surface area contributed by atoms with Gasteiger partial charge in [-0.25, -0.2) is 5.01 Å². The van der Waals surface area contributed by atoms with Crippen molar-refractivity contribution in [1.82, 2.24) is 14.8 Å². The molecule has 0 atom stereocenters. The van der Waals surface area contributed by atoms with Gasteiger partial charge < -0.3 is 9.80 Å². The minimum Gasteiger partial charge on any atom is -0.334 e. The van der Waals surface area contributed by atoms with Gasteiger partial charge in [0, 0.05) is 39.0 Å². The smallest absolute Gasteiger partial charge is 0.270 e. The molecule has 2 heterocycles. The highest BCUT2D eigenvalue weighted by atomic mass is 16.2. The minimum atomic E-state index is -0.00738. The fraction of sp³-hybridized carbons (Fsp3) is 0.654. The summed E-state index contributed by atoms with van der Waals surface area (Å²) >= 11 is 0. The molecule has 1 saturated carbocycles. The van der Waals surface area contributed by atoms with Crippen molar-refractivity contribution in [2.45, 2.75) is 70.8 Å². The zero-order valence-corrected chi connectivity index (χ0v) is 19.8. The molecule has 2 aliphatic heterocycles. The summed E-state index contributed by atoms with van der Waals surface area (Å²) in [4.78, 5) is 29.9. The molecule has 2 amide bonds. The maximum atomic E-state index is 13.4. The van der Waals surface area contributed by atoms with Crippen molar-refractivity contribution in [1.29, 1.82) is 0 Å². The Labute approximate surface area is 192 Å². The van der Waals surface area contributed by atoms with Crippen molar-refractivity contribution < 1.29 is 9.59 Å². The summed E-state index contributed by atoms with van der Waals surface area (Å²) in [6, 6.07) is 9.02. The fourth-order valence-electron chi connectivity index (χ4n) is 5.44. The molecule has 0 unspecified atom stereocenters. The Balaban J connectivity index is 1.32. The molecular formula is C26H38N4O2. The molecule has 1 saturated heterocycles. The standard InChI is InChI=1S/C26H38N4O2/c1-20-7-3-4-8-22(20)15-18-29-16-13-21(14-17-29)19-30(23-9-5-6-10-23)26(32)24-11-12-25(31)28(2)27-24/h3-4,7-8,21,23H,5-6,9-19H2,1-2H3. The van der Waals surface area contributed by atoms with Gasteiger partial charge in [0.1, 0.15) is 5.71 Å². The predicted octanol–water partition coefficient (Wildman–Crippen LogP) is 3.63. The first kappa shape index (κ1) is 23.0. The van der Waals surface area contributed by atoms with Crippen LogP contribution in [0.3, 0.4) is 0 Å². The Bertz CT molecular complexity index is 838. The van der Waals surface area contributed by atoms with Crippen molar-refractivity contribution in [3.8, 4) is 0 Å². The van der Waals surface area contributed by atoms with Crippen LogP contribution in [-0.2, 0) is 16.0 Å². The Morgan fingerprint density at radius 1 is 1.09 bits per heavy atom. The fourth-order valence-corrected chi connectivity index (χ4v) is 5.44. The zero-order chi connectivity index (χ0) is 22.5. The molecule has 32 heavy (non-hydrogen) atoms. The van der Waals surface area contributed by atoms with E-state index < -0.39 is 0 Å². The van der Waals surface area contributed by atoms with Crippen molar-refractivity contribution in [3.05, 3.63) is 35.4 Å². The van der Waals surface area contributed by atoms with E-state index in [2.05, 4.69) is 46.1 Å². The second-order valence-corrected chi connectivity index (χ2v) is 9.82. The van der Waals surface area contributed by atoms with Gasteiger partial charge in [-0.2, -0.15) is 5.10 Å². The molecule has 6 nitrogen and oxygen atoms in total. The van der Waals surface area contributed by atoms with Gasteiger partial charge >= 0.3 is 0 Å². The number of hydrogen-bond donors (Lipinski definition) is 0. The van der Waals surface area contributed by atoms with Gasteiger partial charge in [0.25, 0.3) is 5.91 Å². The highest BCUT2D eigenvalue weighted by Gasteiger charge is 2.34. The van der Waals surface area contributed by atoms with E-state index in [4.69, 9.17) is 0 Å². The van der Waals surface area contributed by atoms with Gasteiger partial charge in [-0.1, -0.05) is 37.1 Å². The number of hydrogen-bond acceptors (Lipinski definition) is 4. The predicted molar refractivity (Wildman–Crippen MR) is 127 cm³/mol. The molecule has 174 valence electrons. The van der Waals surface area contributed by atoms with Crippen molar-refractivity contribution in [3.63, 3.8) is 0 Å². The quantitative estimate of drug-likeness (QED) is 0.653. The third-order valence-corrected chi connectivity index (χ3v) is 7.60. The van der Waals surface area contributed by atoms with Crippen molar-refractivity contribution in [2.24, 2.45) is 11.0 Å². The monoisotopic (exact) mass is 438 g/mol. The molecule has 0 bridgehead atoms. The number of amides is 2. The number of likely N-dealkylation sites (tertiary alicyclic amines) is 1. The zero-order valence-electron chi connectivity index (χ0n) is 19.8. The molecular weight excluding hydrogens is 400 g/mol. The lowest BCUT2D eigenvalue weighted by Crippen LogP contribution is -2.48. The maximum absolute atomic E-state index is 13.4. The second kappa shape index (κ2) is 10.6. The number of piperidine rings is 1.